The largest absolute Gasteiger partial charge is 0.419 e. The molecule has 0 radical (unpaired) electrons. The SMILES string of the molecule is CC1=C(Nc2cc(NCCCNC(=O)C3CCC3)c(C(F)(F)F)cn2)CNC(N2CCN(C)CC2)=C1. The first-order valence-corrected chi connectivity index (χ1v) is 12.7. The van der Waals surface area contributed by atoms with Crippen LogP contribution in [0.4, 0.5) is 24.7 Å². The Bertz CT molecular complexity index is 996. The molecule has 0 atom stereocenters. The molecular weight excluding hydrogens is 471 g/mol. The predicted molar refractivity (Wildman–Crippen MR) is 134 cm³/mol. The second-order valence-corrected chi connectivity index (χ2v) is 9.77. The van der Waals surface area contributed by atoms with Crippen LogP contribution in [0.2, 0.25) is 0 Å². The molecule has 0 spiro atoms. The van der Waals surface area contributed by atoms with Crippen LogP contribution in [0.15, 0.2) is 35.4 Å². The summed E-state index contributed by atoms with van der Waals surface area (Å²) >= 11 is 0. The van der Waals surface area contributed by atoms with Crippen molar-refractivity contribution in [3.63, 3.8) is 0 Å². The average Bonchev–Trinajstić information content (AvgIpc) is 2.79. The van der Waals surface area contributed by atoms with Crippen LogP contribution in [0.3, 0.4) is 0 Å². The molecule has 3 aliphatic rings. The van der Waals surface area contributed by atoms with Crippen molar-refractivity contribution in [1.82, 2.24) is 25.4 Å². The van der Waals surface area contributed by atoms with Crippen molar-refractivity contribution < 1.29 is 18.0 Å². The van der Waals surface area contributed by atoms with Gasteiger partial charge in [-0.2, -0.15) is 13.2 Å². The topological polar surface area (TPSA) is 84.6 Å². The molecule has 0 bridgehead atoms. The molecule has 3 heterocycles. The second kappa shape index (κ2) is 11.4. The van der Waals surface area contributed by atoms with Gasteiger partial charge in [-0.3, -0.25) is 4.79 Å². The lowest BCUT2D eigenvalue weighted by atomic mass is 9.85. The molecule has 1 aromatic heterocycles. The molecule has 1 aromatic rings. The van der Waals surface area contributed by atoms with Gasteiger partial charge in [0.1, 0.15) is 11.6 Å². The Hall–Kier alpha value is -2.95. The first kappa shape index (κ1) is 26.1. The third kappa shape index (κ3) is 6.63. The Kier molecular flexibility index (Phi) is 8.28. The van der Waals surface area contributed by atoms with Crippen molar-refractivity contribution in [2.75, 3.05) is 63.5 Å². The Morgan fingerprint density at radius 3 is 2.58 bits per heavy atom. The van der Waals surface area contributed by atoms with Gasteiger partial charge in [-0.1, -0.05) is 6.42 Å². The number of dihydropyridines is 1. The van der Waals surface area contributed by atoms with Crippen molar-refractivity contribution in [2.45, 2.75) is 38.8 Å². The maximum absolute atomic E-state index is 13.6. The molecule has 36 heavy (non-hydrogen) atoms. The normalized spacial score (nSPS) is 19.4. The summed E-state index contributed by atoms with van der Waals surface area (Å²) in [7, 11) is 2.11. The molecular formula is C25H36F3N7O. The first-order chi connectivity index (χ1) is 17.2. The summed E-state index contributed by atoms with van der Waals surface area (Å²) in [6, 6.07) is 1.40. The van der Waals surface area contributed by atoms with Gasteiger partial charge in [0.15, 0.2) is 0 Å². The zero-order chi connectivity index (χ0) is 25.7. The molecule has 1 saturated carbocycles. The van der Waals surface area contributed by atoms with Gasteiger partial charge in [-0.25, -0.2) is 4.98 Å². The molecule has 4 rings (SSSR count). The smallest absolute Gasteiger partial charge is 0.384 e. The number of halogens is 3. The Balaban J connectivity index is 1.37. The van der Waals surface area contributed by atoms with E-state index in [4.69, 9.17) is 0 Å². The van der Waals surface area contributed by atoms with Crippen LogP contribution in [-0.4, -0.2) is 73.6 Å². The highest BCUT2D eigenvalue weighted by molar-refractivity contribution is 5.79. The van der Waals surface area contributed by atoms with Gasteiger partial charge >= 0.3 is 6.18 Å². The van der Waals surface area contributed by atoms with Crippen LogP contribution >= 0.6 is 0 Å². The van der Waals surface area contributed by atoms with E-state index in [0.717, 1.165) is 68.7 Å². The monoisotopic (exact) mass is 507 g/mol. The van der Waals surface area contributed by atoms with E-state index in [1.807, 2.05) is 6.92 Å². The first-order valence-electron chi connectivity index (χ1n) is 12.7. The average molecular weight is 508 g/mol. The lowest BCUT2D eigenvalue weighted by Crippen LogP contribution is -2.47. The van der Waals surface area contributed by atoms with Gasteiger partial charge in [-0.05, 0) is 44.9 Å². The summed E-state index contributed by atoms with van der Waals surface area (Å²) in [5, 5.41) is 12.4. The van der Waals surface area contributed by atoms with Crippen LogP contribution in [0.1, 0.15) is 38.2 Å². The molecule has 2 aliphatic heterocycles. The van der Waals surface area contributed by atoms with E-state index in [0.29, 0.717) is 31.9 Å². The Morgan fingerprint density at radius 1 is 1.19 bits per heavy atom. The number of amides is 1. The molecule has 8 nitrogen and oxygen atoms in total. The second-order valence-electron chi connectivity index (χ2n) is 9.77. The quantitative estimate of drug-likeness (QED) is 0.382. The molecule has 1 aliphatic carbocycles. The van der Waals surface area contributed by atoms with Gasteiger partial charge in [0, 0.05) is 63.1 Å². The maximum Gasteiger partial charge on any atom is 0.419 e. The summed E-state index contributed by atoms with van der Waals surface area (Å²) in [6.07, 6.45) is 1.86. The van der Waals surface area contributed by atoms with E-state index in [-0.39, 0.29) is 17.5 Å². The van der Waals surface area contributed by atoms with Crippen LogP contribution in [0.5, 0.6) is 0 Å². The minimum Gasteiger partial charge on any atom is -0.384 e. The van der Waals surface area contributed by atoms with Gasteiger partial charge in [-0.15, -0.1) is 0 Å². The molecule has 4 N–H and O–H groups in total. The van der Waals surface area contributed by atoms with E-state index < -0.39 is 11.7 Å². The summed E-state index contributed by atoms with van der Waals surface area (Å²) in [4.78, 5) is 20.5. The van der Waals surface area contributed by atoms with Crippen molar-refractivity contribution >= 4 is 17.4 Å². The van der Waals surface area contributed by atoms with Crippen LogP contribution in [-0.2, 0) is 11.0 Å². The third-order valence-electron chi connectivity index (χ3n) is 7.05. The van der Waals surface area contributed by atoms with Crippen molar-refractivity contribution in [1.29, 1.82) is 0 Å². The summed E-state index contributed by atoms with van der Waals surface area (Å²) in [6.45, 7) is 7.17. The molecule has 11 heteroatoms. The van der Waals surface area contributed by atoms with E-state index in [2.05, 4.69) is 49.2 Å². The van der Waals surface area contributed by atoms with Crippen LogP contribution in [0, 0.1) is 5.92 Å². The van der Waals surface area contributed by atoms with E-state index in [1.165, 1.54) is 6.07 Å². The fraction of sp³-hybridized carbons (Fsp3) is 0.600. The Labute approximate surface area is 210 Å². The van der Waals surface area contributed by atoms with Crippen molar-refractivity contribution in [2.24, 2.45) is 5.92 Å². The molecule has 198 valence electrons. The number of pyridine rings is 1. The van der Waals surface area contributed by atoms with E-state index in [1.54, 1.807) is 0 Å². The highest BCUT2D eigenvalue weighted by Crippen LogP contribution is 2.35. The minimum absolute atomic E-state index is 0.0268. The summed E-state index contributed by atoms with van der Waals surface area (Å²) in [5.74, 6) is 1.56. The van der Waals surface area contributed by atoms with Crippen molar-refractivity contribution in [3.8, 4) is 0 Å². The number of rotatable bonds is 9. The fourth-order valence-corrected chi connectivity index (χ4v) is 4.44. The zero-order valence-electron chi connectivity index (χ0n) is 21.0. The number of likely N-dealkylation sites (N-methyl/N-ethyl adjacent to an activating group) is 1. The Morgan fingerprint density at radius 2 is 1.94 bits per heavy atom. The number of nitrogens with one attached hydrogen (secondary N) is 4. The number of aromatic nitrogens is 1. The van der Waals surface area contributed by atoms with Crippen LogP contribution < -0.4 is 21.3 Å². The number of carbonyl (C=O) groups excluding carboxylic acids is 1. The van der Waals surface area contributed by atoms with E-state index in [9.17, 15) is 18.0 Å². The van der Waals surface area contributed by atoms with Crippen LogP contribution in [0.25, 0.3) is 0 Å². The minimum atomic E-state index is -4.52. The highest BCUT2D eigenvalue weighted by atomic mass is 19.4. The van der Waals surface area contributed by atoms with Gasteiger partial charge < -0.3 is 31.1 Å². The number of alkyl halides is 3. The number of piperazine rings is 1. The van der Waals surface area contributed by atoms with E-state index >= 15 is 0 Å². The van der Waals surface area contributed by atoms with Gasteiger partial charge in [0.25, 0.3) is 0 Å². The number of carbonyl (C=O) groups is 1. The maximum atomic E-state index is 13.6. The third-order valence-corrected chi connectivity index (χ3v) is 7.05. The predicted octanol–water partition coefficient (Wildman–Crippen LogP) is 3.20. The number of allylic oxidation sites excluding steroid dienone is 2. The molecule has 2 fully saturated rings. The lowest BCUT2D eigenvalue weighted by molar-refractivity contribution is -0.137. The molecule has 0 unspecified atom stereocenters. The highest BCUT2D eigenvalue weighted by Gasteiger charge is 2.34. The molecule has 1 saturated heterocycles. The lowest BCUT2D eigenvalue weighted by Gasteiger charge is -2.37. The molecule has 1 amide bonds. The number of hydrogen-bond acceptors (Lipinski definition) is 7. The van der Waals surface area contributed by atoms with Crippen molar-refractivity contribution in [3.05, 3.63) is 41.0 Å². The number of nitrogens with zero attached hydrogens (tertiary/aromatic N) is 3. The van der Waals surface area contributed by atoms with Gasteiger partial charge in [0.05, 0.1) is 17.8 Å². The van der Waals surface area contributed by atoms with Gasteiger partial charge in [0.2, 0.25) is 5.91 Å². The fourth-order valence-electron chi connectivity index (χ4n) is 4.44. The number of anilines is 2. The standard InChI is InChI=1S/C25H36F3N7O/c1-17-13-23(35-11-9-34(2)10-12-35)32-16-21(17)33-22-14-20(19(15-31-22)25(26,27)28)29-7-4-8-30-24(36)18-5-3-6-18/h13-15,18,32H,3-12,16H2,1-2H3,(H,30,36)(H2,29,31,33). The summed E-state index contributed by atoms with van der Waals surface area (Å²) < 4.78 is 40.7. The summed E-state index contributed by atoms with van der Waals surface area (Å²) in [5.41, 5.74) is 1.04. The number of hydrogen-bond donors (Lipinski definition) is 4. The zero-order valence-corrected chi connectivity index (χ0v) is 21.0. The molecule has 0 aromatic carbocycles.